The Balaban J connectivity index is 1.87. The van der Waals surface area contributed by atoms with E-state index >= 15 is 0 Å². The standard InChI is InChI=1S/C16H26O2Si/c1-2-17-19-18-16(13-15-9-5-6-10-15)12-11-14-7-3-4-8-14/h11-15H,2-10H2,1H3. The Morgan fingerprint density at radius 2 is 1.68 bits per heavy atom. The largest absolute Gasteiger partial charge is 0.521 e. The van der Waals surface area contributed by atoms with E-state index in [0.29, 0.717) is 0 Å². The van der Waals surface area contributed by atoms with Crippen LogP contribution < -0.4 is 0 Å². The van der Waals surface area contributed by atoms with E-state index in [1.54, 1.807) is 0 Å². The van der Waals surface area contributed by atoms with Crippen LogP contribution in [0.15, 0.2) is 24.0 Å². The molecule has 106 valence electrons. The van der Waals surface area contributed by atoms with Crippen LogP contribution in [0.2, 0.25) is 0 Å². The Labute approximate surface area is 120 Å². The molecule has 0 atom stereocenters. The van der Waals surface area contributed by atoms with Gasteiger partial charge in [0.1, 0.15) is 5.76 Å². The minimum absolute atomic E-state index is 0.136. The Morgan fingerprint density at radius 1 is 1.05 bits per heavy atom. The van der Waals surface area contributed by atoms with Crippen molar-refractivity contribution in [1.82, 2.24) is 0 Å². The molecule has 0 aromatic carbocycles. The number of hydrogen-bond acceptors (Lipinski definition) is 2. The molecule has 0 N–H and O–H groups in total. The van der Waals surface area contributed by atoms with Gasteiger partial charge in [-0.15, -0.1) is 0 Å². The second-order valence-electron chi connectivity index (χ2n) is 5.64. The van der Waals surface area contributed by atoms with Gasteiger partial charge in [0.25, 0.3) is 0 Å². The monoisotopic (exact) mass is 278 g/mol. The van der Waals surface area contributed by atoms with Crippen molar-refractivity contribution in [3.05, 3.63) is 24.0 Å². The molecule has 2 saturated carbocycles. The van der Waals surface area contributed by atoms with Gasteiger partial charge in [0.15, 0.2) is 0 Å². The lowest BCUT2D eigenvalue weighted by atomic mass is 10.1. The summed E-state index contributed by atoms with van der Waals surface area (Å²) in [6.07, 6.45) is 17.7. The van der Waals surface area contributed by atoms with Crippen molar-refractivity contribution in [3.8, 4) is 0 Å². The van der Waals surface area contributed by atoms with E-state index < -0.39 is 0 Å². The number of rotatable bonds is 7. The van der Waals surface area contributed by atoms with E-state index in [1.807, 2.05) is 6.92 Å². The fourth-order valence-corrected chi connectivity index (χ4v) is 3.41. The second kappa shape index (κ2) is 8.59. The molecular weight excluding hydrogens is 252 g/mol. The van der Waals surface area contributed by atoms with Crippen LogP contribution in [0.25, 0.3) is 0 Å². The summed E-state index contributed by atoms with van der Waals surface area (Å²) in [4.78, 5) is 0. The molecule has 0 amide bonds. The Kier molecular flexibility index (Phi) is 6.72. The van der Waals surface area contributed by atoms with Gasteiger partial charge in [0, 0.05) is 6.61 Å². The van der Waals surface area contributed by atoms with Crippen molar-refractivity contribution in [3.63, 3.8) is 0 Å². The lowest BCUT2D eigenvalue weighted by Gasteiger charge is -2.09. The Morgan fingerprint density at radius 3 is 2.32 bits per heavy atom. The molecule has 2 rings (SSSR count). The fourth-order valence-electron chi connectivity index (χ4n) is 3.00. The van der Waals surface area contributed by atoms with Crippen molar-refractivity contribution in [2.45, 2.75) is 58.3 Å². The minimum atomic E-state index is 0.136. The zero-order chi connectivity index (χ0) is 13.3. The van der Waals surface area contributed by atoms with Crippen LogP contribution in [0.5, 0.6) is 0 Å². The highest BCUT2D eigenvalue weighted by Crippen LogP contribution is 2.28. The maximum Gasteiger partial charge on any atom is 0.521 e. The first-order chi connectivity index (χ1) is 9.38. The zero-order valence-corrected chi connectivity index (χ0v) is 13.1. The minimum Gasteiger partial charge on any atom is -0.518 e. The van der Waals surface area contributed by atoms with Crippen molar-refractivity contribution in [2.24, 2.45) is 11.8 Å². The molecule has 2 aliphatic rings. The lowest BCUT2D eigenvalue weighted by molar-refractivity contribution is 0.278. The predicted molar refractivity (Wildman–Crippen MR) is 79.6 cm³/mol. The van der Waals surface area contributed by atoms with Gasteiger partial charge < -0.3 is 8.85 Å². The van der Waals surface area contributed by atoms with Crippen molar-refractivity contribution < 1.29 is 8.85 Å². The van der Waals surface area contributed by atoms with Gasteiger partial charge in [0.05, 0.1) is 0 Å². The van der Waals surface area contributed by atoms with Crippen molar-refractivity contribution in [1.29, 1.82) is 0 Å². The first-order valence-electron chi connectivity index (χ1n) is 7.82. The van der Waals surface area contributed by atoms with Crippen LogP contribution in [-0.2, 0) is 8.85 Å². The molecule has 2 radical (unpaired) electrons. The summed E-state index contributed by atoms with van der Waals surface area (Å²) in [6, 6.07) is 0. The van der Waals surface area contributed by atoms with E-state index in [-0.39, 0.29) is 10.0 Å². The molecule has 2 aliphatic carbocycles. The highest BCUT2D eigenvalue weighted by atomic mass is 28.3. The summed E-state index contributed by atoms with van der Waals surface area (Å²) >= 11 is 0. The highest BCUT2D eigenvalue weighted by Gasteiger charge is 2.15. The normalized spacial score (nSPS) is 22.7. The van der Waals surface area contributed by atoms with E-state index in [9.17, 15) is 0 Å². The first kappa shape index (κ1) is 14.9. The second-order valence-corrected chi connectivity index (χ2v) is 6.30. The molecule has 0 heterocycles. The quantitative estimate of drug-likeness (QED) is 0.297. The van der Waals surface area contributed by atoms with Gasteiger partial charge in [-0.05, 0) is 56.6 Å². The van der Waals surface area contributed by atoms with Crippen molar-refractivity contribution in [2.75, 3.05) is 6.61 Å². The molecule has 0 spiro atoms. The summed E-state index contributed by atoms with van der Waals surface area (Å²) in [5.41, 5.74) is 0. The third-order valence-electron chi connectivity index (χ3n) is 4.10. The SMILES string of the molecule is CCO[Si]OC(C=CC1CCCC1)=CC1CCCC1. The zero-order valence-electron chi connectivity index (χ0n) is 12.1. The van der Waals surface area contributed by atoms with E-state index in [0.717, 1.165) is 24.2 Å². The Hall–Kier alpha value is -0.543. The van der Waals surface area contributed by atoms with Gasteiger partial charge in [-0.3, -0.25) is 0 Å². The van der Waals surface area contributed by atoms with E-state index in [2.05, 4.69) is 18.2 Å². The van der Waals surface area contributed by atoms with Crippen LogP contribution in [0.4, 0.5) is 0 Å². The fraction of sp³-hybridized carbons (Fsp3) is 0.750. The average Bonchev–Trinajstić information content (AvgIpc) is 3.09. The maximum absolute atomic E-state index is 5.78. The van der Waals surface area contributed by atoms with Crippen LogP contribution >= 0.6 is 0 Å². The molecule has 0 unspecified atom stereocenters. The molecule has 0 bridgehead atoms. The molecule has 0 aromatic rings. The smallest absolute Gasteiger partial charge is 0.518 e. The topological polar surface area (TPSA) is 18.5 Å². The van der Waals surface area contributed by atoms with Gasteiger partial charge in [-0.25, -0.2) is 0 Å². The summed E-state index contributed by atoms with van der Waals surface area (Å²) < 4.78 is 11.1. The lowest BCUT2D eigenvalue weighted by Crippen LogP contribution is -2.04. The van der Waals surface area contributed by atoms with Gasteiger partial charge >= 0.3 is 10.0 Å². The third kappa shape index (κ3) is 5.53. The predicted octanol–water partition coefficient (Wildman–Crippen LogP) is 4.39. The van der Waals surface area contributed by atoms with Gasteiger partial charge in [0.2, 0.25) is 0 Å². The van der Waals surface area contributed by atoms with E-state index in [1.165, 1.54) is 51.4 Å². The average molecular weight is 278 g/mol. The molecule has 2 nitrogen and oxygen atoms in total. The van der Waals surface area contributed by atoms with Crippen LogP contribution in [0.1, 0.15) is 58.3 Å². The molecule has 0 aliphatic heterocycles. The number of hydrogen-bond donors (Lipinski definition) is 0. The van der Waals surface area contributed by atoms with Gasteiger partial charge in [-0.1, -0.05) is 31.8 Å². The van der Waals surface area contributed by atoms with Crippen LogP contribution in [0, 0.1) is 11.8 Å². The molecular formula is C16H26O2Si. The van der Waals surface area contributed by atoms with Crippen LogP contribution in [0.3, 0.4) is 0 Å². The maximum atomic E-state index is 5.78. The third-order valence-corrected chi connectivity index (χ3v) is 4.82. The summed E-state index contributed by atoms with van der Waals surface area (Å²) in [7, 11) is 0.136. The molecule has 3 heteroatoms. The molecule has 2 fully saturated rings. The highest BCUT2D eigenvalue weighted by molar-refractivity contribution is 6.18. The van der Waals surface area contributed by atoms with E-state index in [4.69, 9.17) is 8.85 Å². The molecule has 0 aromatic heterocycles. The summed E-state index contributed by atoms with van der Waals surface area (Å²) in [6.45, 7) is 2.73. The van der Waals surface area contributed by atoms with Crippen molar-refractivity contribution >= 4 is 10.0 Å². The summed E-state index contributed by atoms with van der Waals surface area (Å²) in [5, 5.41) is 0. The number of allylic oxidation sites excluding steroid dienone is 3. The van der Waals surface area contributed by atoms with Gasteiger partial charge in [-0.2, -0.15) is 0 Å². The van der Waals surface area contributed by atoms with Crippen LogP contribution in [-0.4, -0.2) is 16.6 Å². The molecule has 19 heavy (non-hydrogen) atoms. The summed E-state index contributed by atoms with van der Waals surface area (Å²) in [5.74, 6) is 2.52. The Bertz CT molecular complexity index is 300. The first-order valence-corrected chi connectivity index (χ1v) is 8.63. The molecule has 0 saturated heterocycles.